The minimum atomic E-state index is -0.125. The predicted molar refractivity (Wildman–Crippen MR) is 81.4 cm³/mol. The molecule has 20 heavy (non-hydrogen) atoms. The topological polar surface area (TPSA) is 50.1 Å². The molecule has 1 aromatic carbocycles. The molecule has 0 spiro atoms. The fourth-order valence-corrected chi connectivity index (χ4v) is 1.09. The van der Waals surface area contributed by atoms with Crippen molar-refractivity contribution < 1.29 is 9.53 Å². The normalized spacial score (nSPS) is 11.2. The monoisotopic (exact) mass is 269 g/mol. The first kappa shape index (κ1) is 17.4. The van der Waals surface area contributed by atoms with Gasteiger partial charge in [0, 0.05) is 6.08 Å². The number of carbonyl (C=O) groups is 1. The number of rotatable bonds is 3. The molecule has 0 saturated heterocycles. The Morgan fingerprint density at radius 1 is 1.25 bits per heavy atom. The lowest BCUT2D eigenvalue weighted by molar-refractivity contribution is -0.139. The highest BCUT2D eigenvalue weighted by molar-refractivity contribution is 5.75. The van der Waals surface area contributed by atoms with E-state index in [-0.39, 0.29) is 11.9 Å². The maximum Gasteiger partial charge on any atom is 0.313 e. The Kier molecular flexibility index (Phi) is 9.99. The molecule has 0 unspecified atom stereocenters. The van der Waals surface area contributed by atoms with Gasteiger partial charge in [-0.2, -0.15) is 5.26 Å². The van der Waals surface area contributed by atoms with Crippen LogP contribution in [0.1, 0.15) is 18.4 Å². The molecule has 3 heteroatoms. The number of hydrogen-bond donors (Lipinski definition) is 0. The fourth-order valence-electron chi connectivity index (χ4n) is 1.09. The summed E-state index contributed by atoms with van der Waals surface area (Å²) in [4.78, 5) is 10.5. The maximum atomic E-state index is 10.5. The molecule has 0 radical (unpaired) electrons. The fraction of sp³-hybridized carbons (Fsp3) is 0.176. The summed E-state index contributed by atoms with van der Waals surface area (Å²) in [5.74, 6) is 0.0630. The average Bonchev–Trinajstić information content (AvgIpc) is 3.34. The number of allylic oxidation sites excluding steroid dienone is 1. The Bertz CT molecular complexity index is 468. The van der Waals surface area contributed by atoms with Gasteiger partial charge in [-0.1, -0.05) is 56.1 Å². The van der Waals surface area contributed by atoms with E-state index in [1.807, 2.05) is 36.4 Å². The summed E-state index contributed by atoms with van der Waals surface area (Å²) >= 11 is 0. The first-order valence-electron chi connectivity index (χ1n) is 6.19. The zero-order valence-corrected chi connectivity index (χ0v) is 11.5. The lowest BCUT2D eigenvalue weighted by atomic mass is 10.2. The summed E-state index contributed by atoms with van der Waals surface area (Å²) < 4.78 is 4.49. The highest BCUT2D eigenvalue weighted by Crippen LogP contribution is 2.29. The summed E-state index contributed by atoms with van der Waals surface area (Å²) in [6.45, 7) is 10.0. The smallest absolute Gasteiger partial charge is 0.313 e. The Balaban J connectivity index is 0.000000289. The third-order valence-corrected chi connectivity index (χ3v) is 2.24. The van der Waals surface area contributed by atoms with Crippen molar-refractivity contribution in [3.05, 3.63) is 68.0 Å². The zero-order chi connectivity index (χ0) is 15.2. The summed E-state index contributed by atoms with van der Waals surface area (Å²) in [6.07, 6.45) is 6.18. The average molecular weight is 269 g/mol. The molecule has 3 nitrogen and oxygen atoms in total. The van der Waals surface area contributed by atoms with E-state index in [1.165, 1.54) is 17.9 Å². The van der Waals surface area contributed by atoms with E-state index in [4.69, 9.17) is 5.26 Å². The number of hydrogen-bond acceptors (Lipinski definition) is 3. The Morgan fingerprint density at radius 2 is 1.80 bits per heavy atom. The lowest BCUT2D eigenvalue weighted by Crippen LogP contribution is -2.00. The van der Waals surface area contributed by atoms with Gasteiger partial charge in [-0.15, -0.1) is 0 Å². The maximum absolute atomic E-state index is 10.5. The van der Waals surface area contributed by atoms with E-state index in [2.05, 4.69) is 24.5 Å². The van der Waals surface area contributed by atoms with Gasteiger partial charge < -0.3 is 4.74 Å². The molecule has 104 valence electrons. The Hall–Kier alpha value is -2.60. The van der Waals surface area contributed by atoms with Gasteiger partial charge in [0.15, 0.2) is 0 Å². The molecule has 1 aliphatic carbocycles. The summed E-state index contributed by atoms with van der Waals surface area (Å²) in [5, 5.41) is 7.51. The molecular formula is C17H19NO2. The molecule has 0 aliphatic heterocycles. The minimum absolute atomic E-state index is 0.125. The van der Waals surface area contributed by atoms with Gasteiger partial charge >= 0.3 is 5.97 Å². The van der Waals surface area contributed by atoms with Gasteiger partial charge in [-0.25, -0.2) is 0 Å². The molecule has 0 atom stereocenters. The third-order valence-electron chi connectivity index (χ3n) is 2.24. The van der Waals surface area contributed by atoms with Gasteiger partial charge in [-0.3, -0.25) is 4.79 Å². The van der Waals surface area contributed by atoms with Gasteiger partial charge in [0.25, 0.3) is 0 Å². The number of esters is 1. The molecule has 1 saturated carbocycles. The van der Waals surface area contributed by atoms with Crippen LogP contribution in [-0.2, 0) is 9.53 Å². The van der Waals surface area contributed by atoms with Gasteiger partial charge in [0.1, 0.15) is 0 Å². The van der Waals surface area contributed by atoms with Crippen LogP contribution < -0.4 is 0 Å². The second-order valence-electron chi connectivity index (χ2n) is 3.83. The van der Waals surface area contributed by atoms with Crippen LogP contribution in [-0.4, -0.2) is 5.97 Å². The first-order chi connectivity index (χ1) is 9.69. The van der Waals surface area contributed by atoms with Crippen LogP contribution in [0.15, 0.2) is 62.4 Å². The number of nitrogens with zero attached hydrogens (tertiary/aromatic N) is 1. The predicted octanol–water partition coefficient (Wildman–Crippen LogP) is 4.11. The van der Waals surface area contributed by atoms with E-state index in [0.29, 0.717) is 0 Å². The molecule has 2 rings (SSSR count). The molecule has 1 aromatic rings. The number of carbonyl (C=O) groups excluding carboxylic acids is 1. The van der Waals surface area contributed by atoms with Crippen molar-refractivity contribution in [2.45, 2.75) is 12.8 Å². The molecule has 0 N–H and O–H groups in total. The van der Waals surface area contributed by atoms with Crippen molar-refractivity contribution in [1.82, 2.24) is 0 Å². The van der Waals surface area contributed by atoms with Gasteiger partial charge in [-0.05, 0) is 18.4 Å². The molecule has 1 fully saturated rings. The van der Waals surface area contributed by atoms with E-state index in [9.17, 15) is 4.79 Å². The highest BCUT2D eigenvalue weighted by atomic mass is 16.5. The van der Waals surface area contributed by atoms with Crippen molar-refractivity contribution in [1.29, 1.82) is 5.26 Å². The van der Waals surface area contributed by atoms with Crippen LogP contribution in [0.3, 0.4) is 0 Å². The Morgan fingerprint density at radius 3 is 2.10 bits per heavy atom. The SMILES string of the molecule is C=CC#N.C=COC(=O)C1CC1.C=Cc1ccccc1. The summed E-state index contributed by atoms with van der Waals surface area (Å²) in [6, 6.07) is 11.7. The van der Waals surface area contributed by atoms with Crippen LogP contribution in [0, 0.1) is 17.2 Å². The van der Waals surface area contributed by atoms with Crippen molar-refractivity contribution in [2.75, 3.05) is 0 Å². The Labute approximate surface area is 120 Å². The van der Waals surface area contributed by atoms with Crippen LogP contribution in [0.25, 0.3) is 6.08 Å². The molecule has 1 aliphatic rings. The standard InChI is InChI=1S/C8H8.C6H8O2.C3H3N/c1-2-8-6-4-3-5-7-8;1-2-8-6(7)5-3-4-5;1-2-3-4/h2-7H,1H2;2,5H,1,3-4H2;2H,1H2. The van der Waals surface area contributed by atoms with Gasteiger partial charge in [0.05, 0.1) is 18.2 Å². The minimum Gasteiger partial charge on any atom is -0.435 e. The van der Waals surface area contributed by atoms with Crippen molar-refractivity contribution in [3.63, 3.8) is 0 Å². The molecule has 0 heterocycles. The van der Waals surface area contributed by atoms with Gasteiger partial charge in [0.2, 0.25) is 0 Å². The molecule has 0 bridgehead atoms. The molecule has 0 amide bonds. The number of ether oxygens (including phenoxy) is 1. The van der Waals surface area contributed by atoms with E-state index in [1.54, 1.807) is 6.07 Å². The number of nitriles is 1. The second-order valence-corrected chi connectivity index (χ2v) is 3.83. The zero-order valence-electron chi connectivity index (χ0n) is 11.5. The highest BCUT2D eigenvalue weighted by Gasteiger charge is 2.30. The quantitative estimate of drug-likeness (QED) is 0.471. The molecule has 0 aromatic heterocycles. The van der Waals surface area contributed by atoms with E-state index in [0.717, 1.165) is 12.8 Å². The van der Waals surface area contributed by atoms with Crippen molar-refractivity contribution in [3.8, 4) is 6.07 Å². The summed E-state index contributed by atoms with van der Waals surface area (Å²) in [5.41, 5.74) is 1.17. The largest absolute Gasteiger partial charge is 0.435 e. The van der Waals surface area contributed by atoms with Crippen molar-refractivity contribution in [2.24, 2.45) is 5.92 Å². The van der Waals surface area contributed by atoms with Crippen LogP contribution in [0.4, 0.5) is 0 Å². The van der Waals surface area contributed by atoms with E-state index >= 15 is 0 Å². The number of benzene rings is 1. The van der Waals surface area contributed by atoms with Crippen LogP contribution in [0.2, 0.25) is 0 Å². The van der Waals surface area contributed by atoms with Crippen molar-refractivity contribution >= 4 is 12.0 Å². The van der Waals surface area contributed by atoms with Crippen LogP contribution >= 0.6 is 0 Å². The molecular weight excluding hydrogens is 250 g/mol. The van der Waals surface area contributed by atoms with E-state index < -0.39 is 0 Å². The first-order valence-corrected chi connectivity index (χ1v) is 6.19. The second kappa shape index (κ2) is 11.5. The lowest BCUT2D eigenvalue weighted by Gasteiger charge is -1.90. The van der Waals surface area contributed by atoms with Crippen LogP contribution in [0.5, 0.6) is 0 Å². The summed E-state index contributed by atoms with van der Waals surface area (Å²) in [7, 11) is 0. The third kappa shape index (κ3) is 9.43.